The van der Waals surface area contributed by atoms with Crippen molar-refractivity contribution < 1.29 is 4.74 Å². The van der Waals surface area contributed by atoms with E-state index in [4.69, 9.17) is 4.74 Å². The molecule has 1 heteroatoms. The van der Waals surface area contributed by atoms with Gasteiger partial charge in [0.1, 0.15) is 0 Å². The molecular formula is C10H19O. The highest BCUT2D eigenvalue weighted by Gasteiger charge is 2.10. The summed E-state index contributed by atoms with van der Waals surface area (Å²) >= 11 is 0. The predicted molar refractivity (Wildman–Crippen MR) is 47.4 cm³/mol. The topological polar surface area (TPSA) is 9.23 Å². The SMILES string of the molecule is COC[C]1CCCCCCC1. The largest absolute Gasteiger partial charge is 0.384 e. The highest BCUT2D eigenvalue weighted by molar-refractivity contribution is 4.89. The third kappa shape index (κ3) is 3.76. The summed E-state index contributed by atoms with van der Waals surface area (Å²) in [5.74, 6) is 1.63. The van der Waals surface area contributed by atoms with E-state index in [1.54, 1.807) is 13.0 Å². The van der Waals surface area contributed by atoms with Crippen LogP contribution in [0.15, 0.2) is 0 Å². The Morgan fingerprint density at radius 3 is 2.09 bits per heavy atom. The molecule has 0 unspecified atom stereocenters. The number of rotatable bonds is 2. The Bertz CT molecular complexity index is 82.9. The fourth-order valence-electron chi connectivity index (χ4n) is 1.75. The van der Waals surface area contributed by atoms with Crippen LogP contribution in [0.3, 0.4) is 0 Å². The van der Waals surface area contributed by atoms with Gasteiger partial charge in [-0.25, -0.2) is 0 Å². The molecule has 1 saturated carbocycles. The van der Waals surface area contributed by atoms with Crippen molar-refractivity contribution >= 4 is 0 Å². The van der Waals surface area contributed by atoms with Gasteiger partial charge in [0.05, 0.1) is 6.61 Å². The summed E-state index contributed by atoms with van der Waals surface area (Å²) in [6.45, 7) is 0.903. The summed E-state index contributed by atoms with van der Waals surface area (Å²) in [5.41, 5.74) is 0. The molecule has 0 aromatic rings. The molecule has 11 heavy (non-hydrogen) atoms. The van der Waals surface area contributed by atoms with Crippen molar-refractivity contribution in [1.29, 1.82) is 0 Å². The lowest BCUT2D eigenvalue weighted by atomic mass is 9.92. The first kappa shape index (κ1) is 9.05. The highest BCUT2D eigenvalue weighted by atomic mass is 16.5. The average Bonchev–Trinajstić information content (AvgIpc) is 1.94. The van der Waals surface area contributed by atoms with E-state index in [2.05, 4.69) is 0 Å². The van der Waals surface area contributed by atoms with Crippen LogP contribution in [0.5, 0.6) is 0 Å². The van der Waals surface area contributed by atoms with E-state index in [-0.39, 0.29) is 0 Å². The van der Waals surface area contributed by atoms with Crippen molar-refractivity contribution in [3.05, 3.63) is 5.92 Å². The molecule has 0 aromatic heterocycles. The van der Waals surface area contributed by atoms with E-state index in [1.165, 1.54) is 44.9 Å². The number of methoxy groups -OCH3 is 1. The second-order valence-corrected chi connectivity index (χ2v) is 3.45. The van der Waals surface area contributed by atoms with Crippen LogP contribution in [-0.4, -0.2) is 13.7 Å². The minimum absolute atomic E-state index is 0.903. The van der Waals surface area contributed by atoms with E-state index < -0.39 is 0 Å². The molecular weight excluding hydrogens is 136 g/mol. The fourth-order valence-corrected chi connectivity index (χ4v) is 1.75. The summed E-state index contributed by atoms with van der Waals surface area (Å²) in [6, 6.07) is 0. The minimum Gasteiger partial charge on any atom is -0.384 e. The van der Waals surface area contributed by atoms with Gasteiger partial charge in [-0.05, 0) is 12.8 Å². The molecule has 1 aliphatic rings. The Morgan fingerprint density at radius 1 is 1.00 bits per heavy atom. The molecule has 0 heterocycles. The van der Waals surface area contributed by atoms with E-state index in [0.717, 1.165) is 6.61 Å². The third-order valence-electron chi connectivity index (χ3n) is 2.41. The van der Waals surface area contributed by atoms with E-state index >= 15 is 0 Å². The molecule has 65 valence electrons. The third-order valence-corrected chi connectivity index (χ3v) is 2.41. The van der Waals surface area contributed by atoms with Gasteiger partial charge in [0.15, 0.2) is 0 Å². The molecule has 0 amide bonds. The van der Waals surface area contributed by atoms with Crippen molar-refractivity contribution in [3.8, 4) is 0 Å². The molecule has 1 nitrogen and oxygen atoms in total. The van der Waals surface area contributed by atoms with Crippen LogP contribution in [0.25, 0.3) is 0 Å². The fraction of sp³-hybridized carbons (Fsp3) is 0.900. The lowest BCUT2D eigenvalue weighted by Crippen LogP contribution is -2.07. The molecule has 0 aromatic carbocycles. The highest BCUT2D eigenvalue weighted by Crippen LogP contribution is 2.23. The van der Waals surface area contributed by atoms with Gasteiger partial charge >= 0.3 is 0 Å². The Morgan fingerprint density at radius 2 is 1.55 bits per heavy atom. The van der Waals surface area contributed by atoms with Gasteiger partial charge in [-0.3, -0.25) is 0 Å². The van der Waals surface area contributed by atoms with E-state index in [9.17, 15) is 0 Å². The minimum atomic E-state index is 0.903. The van der Waals surface area contributed by atoms with Gasteiger partial charge in [-0.1, -0.05) is 32.1 Å². The molecule has 0 N–H and O–H groups in total. The standard InChI is InChI=1S/C10H19O/c1-11-9-10-7-5-3-2-4-6-8-10/h2-9H2,1H3. The zero-order chi connectivity index (χ0) is 7.94. The summed E-state index contributed by atoms with van der Waals surface area (Å²) in [7, 11) is 1.80. The Labute approximate surface area is 70.1 Å². The van der Waals surface area contributed by atoms with E-state index in [0.29, 0.717) is 0 Å². The van der Waals surface area contributed by atoms with Crippen LogP contribution in [-0.2, 0) is 4.74 Å². The summed E-state index contributed by atoms with van der Waals surface area (Å²) < 4.78 is 5.14. The summed E-state index contributed by atoms with van der Waals surface area (Å²) in [5, 5.41) is 0. The smallest absolute Gasteiger partial charge is 0.0524 e. The molecule has 1 radical (unpaired) electrons. The molecule has 0 saturated heterocycles. The molecule has 0 aliphatic heterocycles. The normalized spacial score (nSPS) is 22.6. The molecule has 1 rings (SSSR count). The van der Waals surface area contributed by atoms with Crippen molar-refractivity contribution in [2.75, 3.05) is 13.7 Å². The summed E-state index contributed by atoms with van der Waals surface area (Å²) in [4.78, 5) is 0. The molecule has 1 fully saturated rings. The first-order valence-electron chi connectivity index (χ1n) is 4.76. The quantitative estimate of drug-likeness (QED) is 0.595. The Balaban J connectivity index is 2.15. The Hall–Kier alpha value is -0.0400. The van der Waals surface area contributed by atoms with Crippen molar-refractivity contribution in [2.24, 2.45) is 0 Å². The Kier molecular flexibility index (Phi) is 4.60. The lowest BCUT2D eigenvalue weighted by Gasteiger charge is -2.17. The van der Waals surface area contributed by atoms with Crippen LogP contribution in [0, 0.1) is 5.92 Å². The first-order valence-corrected chi connectivity index (χ1v) is 4.76. The molecule has 1 aliphatic carbocycles. The van der Waals surface area contributed by atoms with Crippen LogP contribution in [0.2, 0.25) is 0 Å². The number of hydrogen-bond donors (Lipinski definition) is 0. The van der Waals surface area contributed by atoms with Crippen LogP contribution in [0.4, 0.5) is 0 Å². The molecule has 0 atom stereocenters. The van der Waals surface area contributed by atoms with Crippen molar-refractivity contribution in [1.82, 2.24) is 0 Å². The number of hydrogen-bond acceptors (Lipinski definition) is 1. The average molecular weight is 155 g/mol. The van der Waals surface area contributed by atoms with Crippen LogP contribution in [0.1, 0.15) is 44.9 Å². The van der Waals surface area contributed by atoms with Gasteiger partial charge in [-0.2, -0.15) is 0 Å². The lowest BCUT2D eigenvalue weighted by molar-refractivity contribution is 0.198. The van der Waals surface area contributed by atoms with Crippen LogP contribution >= 0.6 is 0 Å². The first-order chi connectivity index (χ1) is 5.43. The monoisotopic (exact) mass is 155 g/mol. The number of ether oxygens (including phenoxy) is 1. The van der Waals surface area contributed by atoms with Gasteiger partial charge in [0.2, 0.25) is 0 Å². The van der Waals surface area contributed by atoms with E-state index in [1.807, 2.05) is 0 Å². The maximum Gasteiger partial charge on any atom is 0.0524 e. The van der Waals surface area contributed by atoms with Gasteiger partial charge in [-0.15, -0.1) is 0 Å². The zero-order valence-electron chi connectivity index (χ0n) is 7.57. The van der Waals surface area contributed by atoms with Gasteiger partial charge in [0, 0.05) is 13.0 Å². The van der Waals surface area contributed by atoms with Crippen LogP contribution < -0.4 is 0 Å². The second kappa shape index (κ2) is 5.59. The second-order valence-electron chi connectivity index (χ2n) is 3.45. The zero-order valence-corrected chi connectivity index (χ0v) is 7.57. The summed E-state index contributed by atoms with van der Waals surface area (Å²) in [6.07, 6.45) is 9.69. The van der Waals surface area contributed by atoms with Crippen molar-refractivity contribution in [3.63, 3.8) is 0 Å². The maximum absolute atomic E-state index is 5.14. The predicted octanol–water partition coefficient (Wildman–Crippen LogP) is 2.95. The molecule has 0 spiro atoms. The van der Waals surface area contributed by atoms with Crippen molar-refractivity contribution in [2.45, 2.75) is 44.9 Å². The molecule has 0 bridgehead atoms. The maximum atomic E-state index is 5.14. The van der Waals surface area contributed by atoms with Gasteiger partial charge < -0.3 is 4.74 Å². The van der Waals surface area contributed by atoms with Gasteiger partial charge in [0.25, 0.3) is 0 Å².